The van der Waals surface area contributed by atoms with Gasteiger partial charge in [0.05, 0.1) is 0 Å². The van der Waals surface area contributed by atoms with E-state index in [0.717, 1.165) is 29.6 Å². The molecule has 3 aliphatic carbocycles. The Morgan fingerprint density at radius 3 is 2.33 bits per heavy atom. The number of fused-ring (bicyclic) bond motifs is 3. The summed E-state index contributed by atoms with van der Waals surface area (Å²) in [5, 5.41) is 0. The van der Waals surface area contributed by atoms with E-state index in [0.29, 0.717) is 0 Å². The first-order chi connectivity index (χ1) is 7.34. The highest BCUT2D eigenvalue weighted by molar-refractivity contribution is 4.92. The van der Waals surface area contributed by atoms with E-state index >= 15 is 0 Å². The fourth-order valence-electron chi connectivity index (χ4n) is 5.00. The third-order valence-electron chi connectivity index (χ3n) is 5.73. The monoisotopic (exact) mass is 206 g/mol. The Hall–Kier alpha value is 0. The minimum absolute atomic E-state index is 1.03. The molecule has 0 bridgehead atoms. The second-order valence-corrected chi connectivity index (χ2v) is 6.63. The van der Waals surface area contributed by atoms with E-state index in [1.54, 1.807) is 44.9 Å². The van der Waals surface area contributed by atoms with Gasteiger partial charge in [-0.1, -0.05) is 32.6 Å². The molecule has 86 valence electrons. The smallest absolute Gasteiger partial charge is 0.0355 e. The maximum absolute atomic E-state index is 2.48. The summed E-state index contributed by atoms with van der Waals surface area (Å²) in [5.74, 6) is 5.62. The van der Waals surface area contributed by atoms with Gasteiger partial charge in [-0.05, 0) is 61.7 Å². The van der Waals surface area contributed by atoms with E-state index in [4.69, 9.17) is 0 Å². The number of hydrogen-bond donors (Lipinski definition) is 0. The van der Waals surface area contributed by atoms with Crippen LogP contribution in [0, 0.1) is 29.6 Å². The van der Waals surface area contributed by atoms with Crippen LogP contribution >= 0.6 is 0 Å². The molecule has 0 aromatic heterocycles. The molecule has 0 saturated heterocycles. The van der Waals surface area contributed by atoms with Crippen molar-refractivity contribution in [3.63, 3.8) is 0 Å². The van der Waals surface area contributed by atoms with Crippen LogP contribution < -0.4 is 0 Å². The molecule has 0 aliphatic heterocycles. The SMILES string of the molecule is C[C@H]1CC[C@@H]2[C@H](CC[C@H]3CCCC[C@@H]32)C1. The Balaban J connectivity index is 1.72. The van der Waals surface area contributed by atoms with Crippen molar-refractivity contribution in [3.05, 3.63) is 0 Å². The molecular formula is C15H26. The first kappa shape index (κ1) is 10.2. The van der Waals surface area contributed by atoms with Crippen molar-refractivity contribution in [1.29, 1.82) is 0 Å². The Kier molecular flexibility index (Phi) is 2.79. The van der Waals surface area contributed by atoms with Gasteiger partial charge < -0.3 is 0 Å². The molecule has 15 heavy (non-hydrogen) atoms. The largest absolute Gasteiger partial charge is 0.0625 e. The lowest BCUT2D eigenvalue weighted by atomic mass is 9.57. The molecule has 0 spiro atoms. The van der Waals surface area contributed by atoms with E-state index in [1.165, 1.54) is 12.8 Å². The zero-order valence-electron chi connectivity index (χ0n) is 10.3. The van der Waals surface area contributed by atoms with Crippen LogP contribution in [0.4, 0.5) is 0 Å². The Bertz CT molecular complexity index is 220. The predicted molar refractivity (Wildman–Crippen MR) is 64.7 cm³/mol. The van der Waals surface area contributed by atoms with Crippen LogP contribution in [0.3, 0.4) is 0 Å². The summed E-state index contributed by atoms with van der Waals surface area (Å²) < 4.78 is 0. The molecule has 3 fully saturated rings. The van der Waals surface area contributed by atoms with Gasteiger partial charge in [-0.2, -0.15) is 0 Å². The molecule has 0 aromatic carbocycles. The van der Waals surface area contributed by atoms with Gasteiger partial charge in [0.2, 0.25) is 0 Å². The van der Waals surface area contributed by atoms with Gasteiger partial charge in [-0.25, -0.2) is 0 Å². The van der Waals surface area contributed by atoms with E-state index in [9.17, 15) is 0 Å². The third kappa shape index (κ3) is 1.85. The molecule has 0 amide bonds. The van der Waals surface area contributed by atoms with Crippen molar-refractivity contribution in [2.75, 3.05) is 0 Å². The average molecular weight is 206 g/mol. The molecule has 0 N–H and O–H groups in total. The van der Waals surface area contributed by atoms with Crippen LogP contribution in [0.1, 0.15) is 64.7 Å². The first-order valence-corrected chi connectivity index (χ1v) is 7.34. The van der Waals surface area contributed by atoms with Crippen LogP contribution in [0.15, 0.2) is 0 Å². The summed E-state index contributed by atoms with van der Waals surface area (Å²) in [6.07, 6.45) is 14.1. The standard InChI is InChI=1S/C15H26/c1-11-6-9-15-13(10-11)8-7-12-4-2-3-5-14(12)15/h11-15H,2-10H2,1H3/t11-,12+,13+,14-,15+/m0/s1. The van der Waals surface area contributed by atoms with Crippen molar-refractivity contribution in [2.45, 2.75) is 64.7 Å². The summed E-state index contributed by atoms with van der Waals surface area (Å²) >= 11 is 0. The molecule has 0 unspecified atom stereocenters. The summed E-state index contributed by atoms with van der Waals surface area (Å²) in [6.45, 7) is 2.48. The van der Waals surface area contributed by atoms with Crippen molar-refractivity contribution in [2.24, 2.45) is 29.6 Å². The van der Waals surface area contributed by atoms with Crippen molar-refractivity contribution in [1.82, 2.24) is 0 Å². The molecule has 3 rings (SSSR count). The predicted octanol–water partition coefficient (Wildman–Crippen LogP) is 4.64. The third-order valence-corrected chi connectivity index (χ3v) is 5.73. The average Bonchev–Trinajstić information content (AvgIpc) is 2.28. The van der Waals surface area contributed by atoms with Gasteiger partial charge in [-0.15, -0.1) is 0 Å². The Morgan fingerprint density at radius 2 is 1.40 bits per heavy atom. The van der Waals surface area contributed by atoms with Crippen molar-refractivity contribution in [3.8, 4) is 0 Å². The normalized spacial score (nSPS) is 50.6. The van der Waals surface area contributed by atoms with Gasteiger partial charge in [0.15, 0.2) is 0 Å². The van der Waals surface area contributed by atoms with Crippen LogP contribution in [0.25, 0.3) is 0 Å². The second-order valence-electron chi connectivity index (χ2n) is 6.63. The maximum atomic E-state index is 2.48. The van der Waals surface area contributed by atoms with Crippen LogP contribution in [0.2, 0.25) is 0 Å². The summed E-state index contributed by atoms with van der Waals surface area (Å²) in [5.41, 5.74) is 0. The zero-order chi connectivity index (χ0) is 10.3. The topological polar surface area (TPSA) is 0 Å². The highest BCUT2D eigenvalue weighted by atomic mass is 14.5. The lowest BCUT2D eigenvalue weighted by Gasteiger charge is -2.49. The van der Waals surface area contributed by atoms with Crippen molar-refractivity contribution < 1.29 is 0 Å². The lowest BCUT2D eigenvalue weighted by molar-refractivity contribution is 0.0144. The molecule has 0 heterocycles. The van der Waals surface area contributed by atoms with Gasteiger partial charge >= 0.3 is 0 Å². The Labute approximate surface area is 94.8 Å². The van der Waals surface area contributed by atoms with Crippen LogP contribution in [0.5, 0.6) is 0 Å². The summed E-state index contributed by atoms with van der Waals surface area (Å²) in [7, 11) is 0. The molecule has 0 aromatic rings. The lowest BCUT2D eigenvalue weighted by Crippen LogP contribution is -2.39. The minimum Gasteiger partial charge on any atom is -0.0625 e. The molecule has 0 radical (unpaired) electrons. The van der Waals surface area contributed by atoms with E-state index in [2.05, 4.69) is 6.92 Å². The molecule has 3 saturated carbocycles. The maximum Gasteiger partial charge on any atom is -0.0355 e. The van der Waals surface area contributed by atoms with Crippen LogP contribution in [-0.4, -0.2) is 0 Å². The molecule has 5 atom stereocenters. The summed E-state index contributed by atoms with van der Waals surface area (Å²) in [6, 6.07) is 0. The molecule has 0 nitrogen and oxygen atoms in total. The molecular weight excluding hydrogens is 180 g/mol. The van der Waals surface area contributed by atoms with Crippen LogP contribution in [-0.2, 0) is 0 Å². The van der Waals surface area contributed by atoms with E-state index < -0.39 is 0 Å². The first-order valence-electron chi connectivity index (χ1n) is 7.34. The molecule has 3 aliphatic rings. The Morgan fingerprint density at radius 1 is 0.667 bits per heavy atom. The quantitative estimate of drug-likeness (QED) is 0.541. The minimum atomic E-state index is 1.03. The van der Waals surface area contributed by atoms with Gasteiger partial charge in [-0.3, -0.25) is 0 Å². The fourth-order valence-corrected chi connectivity index (χ4v) is 5.00. The fraction of sp³-hybridized carbons (Fsp3) is 1.00. The second kappa shape index (κ2) is 4.11. The van der Waals surface area contributed by atoms with Crippen molar-refractivity contribution >= 4 is 0 Å². The zero-order valence-corrected chi connectivity index (χ0v) is 10.3. The van der Waals surface area contributed by atoms with E-state index in [-0.39, 0.29) is 0 Å². The number of rotatable bonds is 0. The van der Waals surface area contributed by atoms with E-state index in [1.807, 2.05) is 0 Å². The molecule has 0 heteroatoms. The number of hydrogen-bond acceptors (Lipinski definition) is 0. The summed E-state index contributed by atoms with van der Waals surface area (Å²) in [4.78, 5) is 0. The van der Waals surface area contributed by atoms with Gasteiger partial charge in [0, 0.05) is 0 Å². The highest BCUT2D eigenvalue weighted by Crippen LogP contribution is 2.52. The van der Waals surface area contributed by atoms with Gasteiger partial charge in [0.25, 0.3) is 0 Å². The highest BCUT2D eigenvalue weighted by Gasteiger charge is 2.41. The van der Waals surface area contributed by atoms with Gasteiger partial charge in [0.1, 0.15) is 0 Å².